The highest BCUT2D eigenvalue weighted by atomic mass is 16.4. The molecule has 2 aliphatic rings. The Morgan fingerprint density at radius 3 is 2.93 bits per heavy atom. The van der Waals surface area contributed by atoms with E-state index in [9.17, 15) is 4.79 Å². The van der Waals surface area contributed by atoms with Crippen molar-refractivity contribution in [3.05, 3.63) is 0 Å². The van der Waals surface area contributed by atoms with Crippen LogP contribution in [0.3, 0.4) is 0 Å². The van der Waals surface area contributed by atoms with Gasteiger partial charge in [-0.15, -0.1) is 0 Å². The van der Waals surface area contributed by atoms with E-state index in [0.717, 1.165) is 19.5 Å². The van der Waals surface area contributed by atoms with Gasteiger partial charge >= 0.3 is 5.97 Å². The molecule has 0 aromatic heterocycles. The molecule has 0 aromatic carbocycles. The maximum Gasteiger partial charge on any atom is 0.306 e. The predicted molar refractivity (Wildman–Crippen MR) is 54.1 cm³/mol. The SMILES string of the molecule is CC(C(=O)O)C1CCN2CCCC1C2. The molecule has 2 saturated heterocycles. The molecule has 3 heteroatoms. The summed E-state index contributed by atoms with van der Waals surface area (Å²) < 4.78 is 0. The highest BCUT2D eigenvalue weighted by Crippen LogP contribution is 2.35. The van der Waals surface area contributed by atoms with Crippen LogP contribution >= 0.6 is 0 Å². The number of nitrogens with zero attached hydrogens (tertiary/aromatic N) is 1. The summed E-state index contributed by atoms with van der Waals surface area (Å²) in [5.41, 5.74) is 0. The van der Waals surface area contributed by atoms with Gasteiger partial charge in [0.15, 0.2) is 0 Å². The van der Waals surface area contributed by atoms with Crippen molar-refractivity contribution in [2.75, 3.05) is 19.6 Å². The normalized spacial score (nSPS) is 39.1. The van der Waals surface area contributed by atoms with Crippen molar-refractivity contribution < 1.29 is 9.90 Å². The van der Waals surface area contributed by atoms with E-state index in [0.29, 0.717) is 11.8 Å². The molecule has 1 N–H and O–H groups in total. The van der Waals surface area contributed by atoms with Crippen LogP contribution in [0.25, 0.3) is 0 Å². The molecule has 14 heavy (non-hydrogen) atoms. The van der Waals surface area contributed by atoms with Crippen molar-refractivity contribution in [1.82, 2.24) is 4.90 Å². The first-order chi connectivity index (χ1) is 6.68. The van der Waals surface area contributed by atoms with Crippen LogP contribution in [0.2, 0.25) is 0 Å². The lowest BCUT2D eigenvalue weighted by Gasteiger charge is -2.44. The number of piperidine rings is 2. The zero-order valence-corrected chi connectivity index (χ0v) is 8.78. The molecular formula is C11H19NO2. The van der Waals surface area contributed by atoms with E-state index in [1.165, 1.54) is 19.4 Å². The van der Waals surface area contributed by atoms with Gasteiger partial charge in [0.25, 0.3) is 0 Å². The number of carboxylic acids is 1. The highest BCUT2D eigenvalue weighted by Gasteiger charge is 2.37. The Bertz CT molecular complexity index is 229. The lowest BCUT2D eigenvalue weighted by atomic mass is 9.74. The summed E-state index contributed by atoms with van der Waals surface area (Å²) in [7, 11) is 0. The number of fused-ring (bicyclic) bond motifs is 2. The second kappa shape index (κ2) is 3.89. The first-order valence-electron chi connectivity index (χ1n) is 5.63. The molecule has 0 amide bonds. The second-order valence-electron chi connectivity index (χ2n) is 4.78. The second-order valence-corrected chi connectivity index (χ2v) is 4.78. The van der Waals surface area contributed by atoms with E-state index in [4.69, 9.17) is 5.11 Å². The third-order valence-electron chi connectivity index (χ3n) is 3.96. The zero-order chi connectivity index (χ0) is 10.1. The monoisotopic (exact) mass is 197 g/mol. The molecule has 3 nitrogen and oxygen atoms in total. The lowest BCUT2D eigenvalue weighted by Crippen LogP contribution is -2.47. The number of rotatable bonds is 2. The van der Waals surface area contributed by atoms with Crippen LogP contribution < -0.4 is 0 Å². The van der Waals surface area contributed by atoms with Gasteiger partial charge < -0.3 is 10.0 Å². The van der Waals surface area contributed by atoms with E-state index >= 15 is 0 Å². The Hall–Kier alpha value is -0.570. The molecule has 2 heterocycles. The van der Waals surface area contributed by atoms with E-state index in [-0.39, 0.29) is 5.92 Å². The summed E-state index contributed by atoms with van der Waals surface area (Å²) >= 11 is 0. The number of carboxylic acid groups (broad SMARTS) is 1. The van der Waals surface area contributed by atoms with E-state index in [1.54, 1.807) is 0 Å². The summed E-state index contributed by atoms with van der Waals surface area (Å²) in [5, 5.41) is 9.02. The van der Waals surface area contributed by atoms with E-state index in [2.05, 4.69) is 4.90 Å². The fourth-order valence-electron chi connectivity index (χ4n) is 3.05. The fourth-order valence-corrected chi connectivity index (χ4v) is 3.05. The number of hydrogen-bond donors (Lipinski definition) is 1. The number of aliphatic carboxylic acids is 1. The van der Waals surface area contributed by atoms with Gasteiger partial charge in [-0.2, -0.15) is 0 Å². The van der Waals surface area contributed by atoms with Crippen LogP contribution in [0, 0.1) is 17.8 Å². The first-order valence-corrected chi connectivity index (χ1v) is 5.63. The topological polar surface area (TPSA) is 40.5 Å². The maximum absolute atomic E-state index is 10.9. The molecule has 0 radical (unpaired) electrons. The minimum Gasteiger partial charge on any atom is -0.481 e. The molecule has 4 unspecified atom stereocenters. The van der Waals surface area contributed by atoms with Gasteiger partial charge in [0, 0.05) is 6.54 Å². The molecule has 2 bridgehead atoms. The molecule has 0 aromatic rings. The molecule has 2 aliphatic heterocycles. The molecule has 2 fully saturated rings. The predicted octanol–water partition coefficient (Wildman–Crippen LogP) is 1.44. The van der Waals surface area contributed by atoms with Gasteiger partial charge in [0.2, 0.25) is 0 Å². The van der Waals surface area contributed by atoms with Gasteiger partial charge in [-0.05, 0) is 44.2 Å². The minimum absolute atomic E-state index is 0.153. The standard InChI is InChI=1S/C11H19NO2/c1-8(11(13)14)10-4-6-12-5-2-3-9(10)7-12/h8-10H,2-7H2,1H3,(H,13,14). The summed E-state index contributed by atoms with van der Waals surface area (Å²) in [6.07, 6.45) is 3.57. The van der Waals surface area contributed by atoms with Crippen LogP contribution in [-0.4, -0.2) is 35.6 Å². The van der Waals surface area contributed by atoms with Gasteiger partial charge in [-0.1, -0.05) is 6.92 Å². The average molecular weight is 197 g/mol. The molecule has 0 saturated carbocycles. The Morgan fingerprint density at radius 2 is 2.21 bits per heavy atom. The van der Waals surface area contributed by atoms with Crippen molar-refractivity contribution in [3.63, 3.8) is 0 Å². The van der Waals surface area contributed by atoms with Crippen LogP contribution in [0.15, 0.2) is 0 Å². The molecule has 2 rings (SSSR count). The van der Waals surface area contributed by atoms with Crippen LogP contribution in [0.4, 0.5) is 0 Å². The van der Waals surface area contributed by atoms with Crippen LogP contribution in [-0.2, 0) is 4.79 Å². The van der Waals surface area contributed by atoms with Gasteiger partial charge in [0.1, 0.15) is 0 Å². The van der Waals surface area contributed by atoms with Gasteiger partial charge in [-0.25, -0.2) is 0 Å². The molecule has 0 aliphatic carbocycles. The number of carbonyl (C=O) groups is 1. The highest BCUT2D eigenvalue weighted by molar-refractivity contribution is 5.69. The largest absolute Gasteiger partial charge is 0.481 e. The van der Waals surface area contributed by atoms with Crippen molar-refractivity contribution in [1.29, 1.82) is 0 Å². The third-order valence-corrected chi connectivity index (χ3v) is 3.96. The lowest BCUT2D eigenvalue weighted by molar-refractivity contribution is -0.145. The Morgan fingerprint density at radius 1 is 1.43 bits per heavy atom. The van der Waals surface area contributed by atoms with Gasteiger partial charge in [0.05, 0.1) is 5.92 Å². The summed E-state index contributed by atoms with van der Waals surface area (Å²) in [6, 6.07) is 0. The summed E-state index contributed by atoms with van der Waals surface area (Å²) in [5.74, 6) is 0.293. The van der Waals surface area contributed by atoms with Crippen molar-refractivity contribution in [2.24, 2.45) is 17.8 Å². The summed E-state index contributed by atoms with van der Waals surface area (Å²) in [4.78, 5) is 13.4. The number of hydrogen-bond acceptors (Lipinski definition) is 2. The molecule has 80 valence electrons. The third kappa shape index (κ3) is 1.78. The van der Waals surface area contributed by atoms with E-state index < -0.39 is 5.97 Å². The average Bonchev–Trinajstić information content (AvgIpc) is 2.17. The Labute approximate surface area is 85.1 Å². The Kier molecular flexibility index (Phi) is 2.77. The van der Waals surface area contributed by atoms with Crippen molar-refractivity contribution >= 4 is 5.97 Å². The Balaban J connectivity index is 2.02. The quantitative estimate of drug-likeness (QED) is 0.728. The van der Waals surface area contributed by atoms with Crippen molar-refractivity contribution in [2.45, 2.75) is 26.2 Å². The molecule has 4 atom stereocenters. The van der Waals surface area contributed by atoms with Crippen LogP contribution in [0.5, 0.6) is 0 Å². The zero-order valence-electron chi connectivity index (χ0n) is 8.78. The van der Waals surface area contributed by atoms with Crippen molar-refractivity contribution in [3.8, 4) is 0 Å². The van der Waals surface area contributed by atoms with Gasteiger partial charge in [-0.3, -0.25) is 4.79 Å². The molecule has 0 spiro atoms. The molecular weight excluding hydrogens is 178 g/mol. The maximum atomic E-state index is 10.9. The van der Waals surface area contributed by atoms with Crippen LogP contribution in [0.1, 0.15) is 26.2 Å². The summed E-state index contributed by atoms with van der Waals surface area (Å²) in [6.45, 7) is 5.35. The van der Waals surface area contributed by atoms with E-state index in [1.807, 2.05) is 6.92 Å². The first kappa shape index (κ1) is 9.97. The fraction of sp³-hybridized carbons (Fsp3) is 0.909. The smallest absolute Gasteiger partial charge is 0.306 e. The minimum atomic E-state index is -0.617.